The molecule has 1 heterocycles. The Labute approximate surface area is 61.3 Å². The summed E-state index contributed by atoms with van der Waals surface area (Å²) in [5.74, 6) is 0.396. The predicted octanol–water partition coefficient (Wildman–Crippen LogP) is 1.24. The maximum Gasteiger partial charge on any atom is 0.0475 e. The molecule has 10 heavy (non-hydrogen) atoms. The van der Waals surface area contributed by atoms with Crippen molar-refractivity contribution in [3.8, 4) is 0 Å². The zero-order chi connectivity index (χ0) is 7.78. The van der Waals surface area contributed by atoms with Crippen LogP contribution >= 0.6 is 0 Å². The summed E-state index contributed by atoms with van der Waals surface area (Å²) >= 11 is 0. The lowest BCUT2D eigenvalue weighted by Gasteiger charge is -2.21. The summed E-state index contributed by atoms with van der Waals surface area (Å²) in [6.07, 6.45) is 1.12. The highest BCUT2D eigenvalue weighted by Crippen LogP contribution is 2.16. The van der Waals surface area contributed by atoms with E-state index < -0.39 is 9.73 Å². The minimum atomic E-state index is -2.34. The predicted molar refractivity (Wildman–Crippen MR) is 42.2 cm³/mol. The summed E-state index contributed by atoms with van der Waals surface area (Å²) in [6, 6.07) is 0. The molecule has 3 nitrogen and oxygen atoms in total. The molecule has 2 unspecified atom stereocenters. The summed E-state index contributed by atoms with van der Waals surface area (Å²) in [4.78, 5) is 0. The SMILES string of the molecule is CC1CC(=N)CCS1(=N)=O. The van der Waals surface area contributed by atoms with Crippen molar-refractivity contribution in [1.29, 1.82) is 10.2 Å². The highest BCUT2D eigenvalue weighted by molar-refractivity contribution is 7.93. The molecule has 2 N–H and O–H groups in total. The first-order chi connectivity index (χ1) is 4.52. The summed E-state index contributed by atoms with van der Waals surface area (Å²) in [6.45, 7) is 1.79. The minimum Gasteiger partial charge on any atom is -0.310 e. The van der Waals surface area contributed by atoms with E-state index in [0.717, 1.165) is 0 Å². The van der Waals surface area contributed by atoms with E-state index >= 15 is 0 Å². The topological polar surface area (TPSA) is 64.8 Å². The van der Waals surface area contributed by atoms with Gasteiger partial charge in [0.05, 0.1) is 0 Å². The molecule has 0 spiro atoms. The van der Waals surface area contributed by atoms with Crippen LogP contribution in [0.1, 0.15) is 19.8 Å². The summed E-state index contributed by atoms with van der Waals surface area (Å²) in [7, 11) is -2.34. The lowest BCUT2D eigenvalue weighted by molar-refractivity contribution is 0.660. The van der Waals surface area contributed by atoms with Crippen LogP contribution < -0.4 is 0 Å². The van der Waals surface area contributed by atoms with Crippen molar-refractivity contribution in [2.45, 2.75) is 25.0 Å². The number of hydrogen-bond acceptors (Lipinski definition) is 3. The van der Waals surface area contributed by atoms with Crippen LogP contribution in [0.3, 0.4) is 0 Å². The summed E-state index contributed by atoms with van der Waals surface area (Å²) in [5.41, 5.74) is 0.652. The molecule has 1 rings (SSSR count). The van der Waals surface area contributed by atoms with E-state index in [-0.39, 0.29) is 5.25 Å². The van der Waals surface area contributed by atoms with Crippen LogP contribution in [0.4, 0.5) is 0 Å². The Morgan fingerprint density at radius 1 is 1.70 bits per heavy atom. The van der Waals surface area contributed by atoms with E-state index in [1.165, 1.54) is 0 Å². The van der Waals surface area contributed by atoms with Gasteiger partial charge in [-0.15, -0.1) is 0 Å². The summed E-state index contributed by atoms with van der Waals surface area (Å²) in [5, 5.41) is 7.18. The van der Waals surface area contributed by atoms with Crippen molar-refractivity contribution in [2.24, 2.45) is 0 Å². The number of hydrogen-bond donors (Lipinski definition) is 2. The van der Waals surface area contributed by atoms with Crippen LogP contribution in [0, 0.1) is 10.2 Å². The molecule has 0 aromatic rings. The molecule has 2 atom stereocenters. The molecule has 0 aromatic carbocycles. The van der Waals surface area contributed by atoms with Crippen LogP contribution in [-0.4, -0.2) is 20.9 Å². The van der Waals surface area contributed by atoms with E-state index in [1.807, 2.05) is 0 Å². The van der Waals surface area contributed by atoms with Crippen molar-refractivity contribution in [3.05, 3.63) is 0 Å². The fourth-order valence-corrected chi connectivity index (χ4v) is 2.48. The largest absolute Gasteiger partial charge is 0.310 e. The van der Waals surface area contributed by atoms with Gasteiger partial charge in [-0.2, -0.15) is 0 Å². The molecular weight excluding hydrogens is 148 g/mol. The van der Waals surface area contributed by atoms with Crippen molar-refractivity contribution < 1.29 is 4.21 Å². The van der Waals surface area contributed by atoms with E-state index in [0.29, 0.717) is 24.3 Å². The molecule has 0 aliphatic carbocycles. The molecule has 4 heteroatoms. The molecule has 58 valence electrons. The monoisotopic (exact) mass is 160 g/mol. The normalized spacial score (nSPS) is 41.7. The molecule has 0 bridgehead atoms. The zero-order valence-corrected chi connectivity index (χ0v) is 6.83. The standard InChI is InChI=1S/C6H12N2OS/c1-5-4-6(7)2-3-10(5,8)9/h5,7-8H,2-4H2,1H3. The Balaban J connectivity index is 2.80. The Hall–Kier alpha value is -0.380. The second-order valence-electron chi connectivity index (χ2n) is 2.80. The molecule has 0 saturated carbocycles. The lowest BCUT2D eigenvalue weighted by atomic mass is 10.2. The number of rotatable bonds is 0. The first-order valence-electron chi connectivity index (χ1n) is 3.34. The molecule has 1 saturated heterocycles. The van der Waals surface area contributed by atoms with Gasteiger partial charge in [-0.1, -0.05) is 0 Å². The smallest absolute Gasteiger partial charge is 0.0475 e. The zero-order valence-electron chi connectivity index (χ0n) is 6.02. The van der Waals surface area contributed by atoms with Crippen LogP contribution in [0.2, 0.25) is 0 Å². The Morgan fingerprint density at radius 2 is 2.30 bits per heavy atom. The van der Waals surface area contributed by atoms with E-state index in [2.05, 4.69) is 0 Å². The van der Waals surface area contributed by atoms with Gasteiger partial charge in [0, 0.05) is 26.4 Å². The second kappa shape index (κ2) is 2.34. The van der Waals surface area contributed by atoms with E-state index in [1.54, 1.807) is 6.92 Å². The Bertz CT molecular complexity index is 242. The molecular formula is C6H12N2OS. The van der Waals surface area contributed by atoms with Crippen LogP contribution in [0.5, 0.6) is 0 Å². The van der Waals surface area contributed by atoms with Gasteiger partial charge >= 0.3 is 0 Å². The van der Waals surface area contributed by atoms with Crippen molar-refractivity contribution in [1.82, 2.24) is 0 Å². The van der Waals surface area contributed by atoms with Crippen molar-refractivity contribution in [2.75, 3.05) is 5.75 Å². The van der Waals surface area contributed by atoms with Gasteiger partial charge in [-0.05, 0) is 19.8 Å². The third-order valence-electron chi connectivity index (χ3n) is 1.89. The average molecular weight is 160 g/mol. The Morgan fingerprint density at radius 3 is 2.70 bits per heavy atom. The van der Waals surface area contributed by atoms with E-state index in [9.17, 15) is 4.21 Å². The van der Waals surface area contributed by atoms with Gasteiger partial charge in [0.1, 0.15) is 0 Å². The maximum absolute atomic E-state index is 11.3. The third-order valence-corrected chi connectivity index (χ3v) is 4.17. The Kier molecular flexibility index (Phi) is 1.81. The maximum atomic E-state index is 11.3. The van der Waals surface area contributed by atoms with Crippen molar-refractivity contribution in [3.63, 3.8) is 0 Å². The van der Waals surface area contributed by atoms with E-state index in [4.69, 9.17) is 10.2 Å². The van der Waals surface area contributed by atoms with Gasteiger partial charge in [0.15, 0.2) is 0 Å². The van der Waals surface area contributed by atoms with Crippen molar-refractivity contribution >= 4 is 15.4 Å². The molecule has 1 fully saturated rings. The number of nitrogens with one attached hydrogen (secondary N) is 2. The fourth-order valence-electron chi connectivity index (χ4n) is 1.06. The van der Waals surface area contributed by atoms with Gasteiger partial charge in [0.25, 0.3) is 0 Å². The average Bonchev–Trinajstić information content (AvgIpc) is 1.81. The lowest BCUT2D eigenvalue weighted by Crippen LogP contribution is -2.29. The van der Waals surface area contributed by atoms with Crippen LogP contribution in [0.25, 0.3) is 0 Å². The molecule has 0 amide bonds. The summed E-state index contributed by atoms with van der Waals surface area (Å²) < 4.78 is 18.6. The molecule has 0 radical (unpaired) electrons. The van der Waals surface area contributed by atoms with Gasteiger partial charge in [0.2, 0.25) is 0 Å². The quantitative estimate of drug-likeness (QED) is 0.550. The first-order valence-corrected chi connectivity index (χ1v) is 5.13. The highest BCUT2D eigenvalue weighted by Gasteiger charge is 2.23. The first kappa shape index (κ1) is 7.72. The molecule has 1 aliphatic heterocycles. The fraction of sp³-hybridized carbons (Fsp3) is 0.833. The van der Waals surface area contributed by atoms with Crippen LogP contribution in [0.15, 0.2) is 0 Å². The third kappa shape index (κ3) is 1.37. The second-order valence-corrected chi connectivity index (χ2v) is 5.46. The van der Waals surface area contributed by atoms with Gasteiger partial charge in [-0.25, -0.2) is 4.21 Å². The van der Waals surface area contributed by atoms with Gasteiger partial charge < -0.3 is 5.41 Å². The molecule has 0 aromatic heterocycles. The molecule has 1 aliphatic rings. The van der Waals surface area contributed by atoms with Gasteiger partial charge in [-0.3, -0.25) is 4.78 Å². The highest BCUT2D eigenvalue weighted by atomic mass is 32.2. The minimum absolute atomic E-state index is 0.103. The van der Waals surface area contributed by atoms with Crippen LogP contribution in [-0.2, 0) is 9.73 Å².